The van der Waals surface area contributed by atoms with E-state index in [0.29, 0.717) is 29.1 Å². The maximum Gasteiger partial charge on any atom is 0.288 e. The summed E-state index contributed by atoms with van der Waals surface area (Å²) in [6.45, 7) is 2.23. The van der Waals surface area contributed by atoms with Crippen molar-refractivity contribution >= 4 is 23.6 Å². The number of thiophene rings is 1. The Kier molecular flexibility index (Phi) is 5.28. The lowest BCUT2D eigenvalue weighted by Crippen LogP contribution is -2.36. The van der Waals surface area contributed by atoms with Crippen LogP contribution in [0, 0.1) is 10.7 Å². The van der Waals surface area contributed by atoms with E-state index in [4.69, 9.17) is 21.2 Å². The summed E-state index contributed by atoms with van der Waals surface area (Å²) in [7, 11) is 0. The van der Waals surface area contributed by atoms with Crippen molar-refractivity contribution in [2.45, 2.75) is 25.4 Å². The van der Waals surface area contributed by atoms with Gasteiger partial charge < -0.3 is 8.94 Å². The van der Waals surface area contributed by atoms with Crippen molar-refractivity contribution in [1.82, 2.24) is 24.8 Å². The lowest BCUT2D eigenvalue weighted by molar-refractivity contribution is 0.142. The Labute approximate surface area is 180 Å². The number of rotatable bonds is 5. The van der Waals surface area contributed by atoms with Gasteiger partial charge in [-0.3, -0.25) is 4.90 Å². The van der Waals surface area contributed by atoms with Gasteiger partial charge in [0, 0.05) is 12.1 Å². The molecule has 1 atom stereocenters. The maximum atomic E-state index is 13.1. The second-order valence-corrected chi connectivity index (χ2v) is 8.47. The molecule has 1 aliphatic heterocycles. The van der Waals surface area contributed by atoms with E-state index < -0.39 is 0 Å². The monoisotopic (exact) mass is 443 g/mol. The van der Waals surface area contributed by atoms with Gasteiger partial charge >= 0.3 is 0 Å². The number of piperidine rings is 1. The first-order valence-electron chi connectivity index (χ1n) is 9.59. The van der Waals surface area contributed by atoms with Crippen LogP contribution in [0.4, 0.5) is 4.39 Å². The molecule has 0 saturated carbocycles. The fraction of sp³-hybridized carbons (Fsp3) is 0.300. The lowest BCUT2D eigenvalue weighted by Gasteiger charge is -2.30. The van der Waals surface area contributed by atoms with Crippen LogP contribution in [0.5, 0.6) is 0 Å². The fourth-order valence-electron chi connectivity index (χ4n) is 3.59. The zero-order valence-corrected chi connectivity index (χ0v) is 17.5. The number of benzene rings is 1. The molecule has 0 spiro atoms. The molecule has 0 radical (unpaired) electrons. The first-order chi connectivity index (χ1) is 14.7. The summed E-state index contributed by atoms with van der Waals surface area (Å²) in [5.41, 5.74) is 0.731. The largest absolute Gasteiger partial charge is 0.408 e. The Bertz CT molecular complexity index is 1180. The van der Waals surface area contributed by atoms with E-state index in [-0.39, 0.29) is 11.7 Å². The van der Waals surface area contributed by atoms with Gasteiger partial charge in [0.1, 0.15) is 5.82 Å². The molecule has 4 heterocycles. The number of hydrogen-bond donors (Lipinski definition) is 0. The van der Waals surface area contributed by atoms with Gasteiger partial charge in [0.05, 0.1) is 17.5 Å². The Morgan fingerprint density at radius 1 is 1.23 bits per heavy atom. The number of nitrogens with zero attached hydrogens (tertiary/aromatic N) is 5. The molecule has 7 nitrogen and oxygen atoms in total. The van der Waals surface area contributed by atoms with Crippen LogP contribution >= 0.6 is 23.6 Å². The molecule has 1 unspecified atom stereocenters. The summed E-state index contributed by atoms with van der Waals surface area (Å²) >= 11 is 6.91. The van der Waals surface area contributed by atoms with Crippen molar-refractivity contribution in [3.63, 3.8) is 0 Å². The first kappa shape index (κ1) is 19.3. The van der Waals surface area contributed by atoms with Gasteiger partial charge in [-0.1, -0.05) is 11.2 Å². The van der Waals surface area contributed by atoms with Crippen LogP contribution in [-0.2, 0) is 6.67 Å². The first-order valence-corrected chi connectivity index (χ1v) is 10.9. The standard InChI is InChI=1S/C20H18FN5O2S2/c21-15-7-5-13(6-8-15)17-22-18(28-24-17)14-3-1-9-25(11-14)12-26-20(29)27-19(23-26)16-4-2-10-30-16/h2,4-8,10,14H,1,3,9,11-12H2. The van der Waals surface area contributed by atoms with Crippen LogP contribution in [0.25, 0.3) is 22.2 Å². The third kappa shape index (κ3) is 3.98. The molecular formula is C20H18FN5O2S2. The van der Waals surface area contributed by atoms with Gasteiger partial charge in [-0.15, -0.1) is 16.4 Å². The number of aromatic nitrogens is 4. The smallest absolute Gasteiger partial charge is 0.288 e. The summed E-state index contributed by atoms with van der Waals surface area (Å²) in [6.07, 6.45) is 1.97. The molecule has 4 aromatic rings. The summed E-state index contributed by atoms with van der Waals surface area (Å²) in [5, 5.41) is 10.6. The SMILES string of the molecule is Fc1ccc(-c2noc(C3CCCN(Cn4nc(-c5cccs5)oc4=S)C3)n2)cc1. The van der Waals surface area contributed by atoms with Crippen LogP contribution in [-0.4, -0.2) is 37.9 Å². The van der Waals surface area contributed by atoms with Gasteiger partial charge in [0.15, 0.2) is 0 Å². The van der Waals surface area contributed by atoms with Crippen LogP contribution in [0.1, 0.15) is 24.7 Å². The minimum absolute atomic E-state index is 0.123. The van der Waals surface area contributed by atoms with Crippen molar-refractivity contribution in [1.29, 1.82) is 0 Å². The molecule has 1 aromatic carbocycles. The molecule has 1 aliphatic rings. The summed E-state index contributed by atoms with van der Waals surface area (Å²) < 4.78 is 26.0. The lowest BCUT2D eigenvalue weighted by atomic mass is 9.98. The van der Waals surface area contributed by atoms with Gasteiger partial charge in [0.25, 0.3) is 10.7 Å². The van der Waals surface area contributed by atoms with Crippen molar-refractivity contribution < 1.29 is 13.3 Å². The number of halogens is 1. The normalized spacial score (nSPS) is 17.4. The Hall–Kier alpha value is -2.69. The van der Waals surface area contributed by atoms with Crippen LogP contribution in [0.15, 0.2) is 50.7 Å². The zero-order valence-electron chi connectivity index (χ0n) is 15.9. The molecule has 3 aromatic heterocycles. The predicted octanol–water partition coefficient (Wildman–Crippen LogP) is 4.96. The second kappa shape index (κ2) is 8.21. The summed E-state index contributed by atoms with van der Waals surface area (Å²) in [6, 6.07) is 9.99. The Morgan fingerprint density at radius 2 is 2.10 bits per heavy atom. The molecule has 1 saturated heterocycles. The van der Waals surface area contributed by atoms with Crippen LogP contribution < -0.4 is 0 Å². The van der Waals surface area contributed by atoms with Gasteiger partial charge in [-0.2, -0.15) is 4.98 Å². The Balaban J connectivity index is 1.29. The number of hydrogen-bond acceptors (Lipinski definition) is 8. The highest BCUT2D eigenvalue weighted by atomic mass is 32.1. The zero-order chi connectivity index (χ0) is 20.5. The van der Waals surface area contributed by atoms with Crippen LogP contribution in [0.2, 0.25) is 0 Å². The van der Waals surface area contributed by atoms with Gasteiger partial charge in [-0.05, 0) is 67.3 Å². The molecule has 0 amide bonds. The maximum absolute atomic E-state index is 13.1. The molecule has 5 rings (SSSR count). The van der Waals surface area contributed by atoms with E-state index in [1.165, 1.54) is 12.1 Å². The van der Waals surface area contributed by atoms with E-state index in [2.05, 4.69) is 20.1 Å². The highest BCUT2D eigenvalue weighted by Crippen LogP contribution is 2.28. The minimum Gasteiger partial charge on any atom is -0.408 e. The van der Waals surface area contributed by atoms with Crippen molar-refractivity contribution in [2.75, 3.05) is 13.1 Å². The van der Waals surface area contributed by atoms with Gasteiger partial charge in [0.2, 0.25) is 11.7 Å². The van der Waals surface area contributed by atoms with E-state index >= 15 is 0 Å². The number of likely N-dealkylation sites (tertiary alicyclic amines) is 1. The van der Waals surface area contributed by atoms with E-state index in [9.17, 15) is 4.39 Å². The highest BCUT2D eigenvalue weighted by molar-refractivity contribution is 7.71. The van der Waals surface area contributed by atoms with Crippen molar-refractivity contribution in [2.24, 2.45) is 0 Å². The third-order valence-corrected chi connectivity index (χ3v) is 6.22. The molecular weight excluding hydrogens is 425 g/mol. The Morgan fingerprint density at radius 3 is 2.90 bits per heavy atom. The molecule has 1 fully saturated rings. The molecule has 154 valence electrons. The van der Waals surface area contributed by atoms with Gasteiger partial charge in [-0.25, -0.2) is 9.07 Å². The molecule has 0 aliphatic carbocycles. The highest BCUT2D eigenvalue weighted by Gasteiger charge is 2.27. The summed E-state index contributed by atoms with van der Waals surface area (Å²) in [5.74, 6) is 1.45. The quantitative estimate of drug-likeness (QED) is 0.404. The van der Waals surface area contributed by atoms with Crippen molar-refractivity contribution in [3.8, 4) is 22.2 Å². The predicted molar refractivity (Wildman–Crippen MR) is 112 cm³/mol. The van der Waals surface area contributed by atoms with E-state index in [1.54, 1.807) is 28.2 Å². The molecule has 0 bridgehead atoms. The topological polar surface area (TPSA) is 73.1 Å². The average molecular weight is 444 g/mol. The van der Waals surface area contributed by atoms with Crippen molar-refractivity contribution in [3.05, 3.63) is 58.3 Å². The molecule has 0 N–H and O–H groups in total. The molecule has 10 heteroatoms. The summed E-state index contributed by atoms with van der Waals surface area (Å²) in [4.78, 5) is 8.11. The van der Waals surface area contributed by atoms with E-state index in [1.807, 2.05) is 17.5 Å². The third-order valence-electron chi connectivity index (χ3n) is 5.07. The van der Waals surface area contributed by atoms with E-state index in [0.717, 1.165) is 36.4 Å². The average Bonchev–Trinajstić information content (AvgIpc) is 3.50. The fourth-order valence-corrected chi connectivity index (χ4v) is 4.41. The minimum atomic E-state index is -0.293. The van der Waals surface area contributed by atoms with Crippen LogP contribution in [0.3, 0.4) is 0 Å². The molecule has 30 heavy (non-hydrogen) atoms. The second-order valence-electron chi connectivity index (χ2n) is 7.17.